The van der Waals surface area contributed by atoms with Crippen LogP contribution in [-0.4, -0.2) is 31.2 Å². The average Bonchev–Trinajstić information content (AvgIpc) is 2.91. The third-order valence-electron chi connectivity index (χ3n) is 4.29. The Morgan fingerprint density at radius 1 is 1.33 bits per heavy atom. The number of aryl methyl sites for hydroxylation is 1. The number of carbonyl (C=O) groups is 1. The molecule has 0 spiro atoms. The largest absolute Gasteiger partial charge is 0.368 e. The minimum absolute atomic E-state index is 0.240. The Kier molecular flexibility index (Phi) is 4.08. The molecule has 0 radical (unpaired) electrons. The Hall–Kier alpha value is -1.47. The highest BCUT2D eigenvalue weighted by atomic mass is 32.2. The number of rotatable bonds is 4. The van der Waals surface area contributed by atoms with Crippen molar-refractivity contribution < 1.29 is 17.6 Å². The van der Waals surface area contributed by atoms with Crippen LogP contribution in [0.2, 0.25) is 0 Å². The van der Waals surface area contributed by atoms with Gasteiger partial charge in [0.2, 0.25) is 15.9 Å². The van der Waals surface area contributed by atoms with E-state index in [9.17, 15) is 17.6 Å². The van der Waals surface area contributed by atoms with Gasteiger partial charge in [-0.25, -0.2) is 12.8 Å². The molecular formula is C14H19FN2O3S. The van der Waals surface area contributed by atoms with Crippen LogP contribution >= 0.6 is 0 Å². The number of carbonyl (C=O) groups excluding carboxylic acids is 1. The summed E-state index contributed by atoms with van der Waals surface area (Å²) in [6.07, 6.45) is 2.18. The monoisotopic (exact) mass is 314 g/mol. The molecule has 0 aromatic heterocycles. The van der Waals surface area contributed by atoms with E-state index in [1.807, 2.05) is 0 Å². The number of nitrogens with two attached hydrogens (primary N) is 1. The van der Waals surface area contributed by atoms with Crippen molar-refractivity contribution in [2.24, 2.45) is 5.73 Å². The highest BCUT2D eigenvalue weighted by Crippen LogP contribution is 2.38. The van der Waals surface area contributed by atoms with E-state index >= 15 is 0 Å². The van der Waals surface area contributed by atoms with E-state index in [1.54, 1.807) is 0 Å². The fourth-order valence-electron chi connectivity index (χ4n) is 2.87. The number of likely N-dealkylation sites (N-methyl/N-ethyl adjacent to an activating group) is 1. The summed E-state index contributed by atoms with van der Waals surface area (Å²) in [6, 6.07) is 4.18. The highest BCUT2D eigenvalue weighted by molar-refractivity contribution is 7.89. The van der Waals surface area contributed by atoms with Crippen LogP contribution in [0.25, 0.3) is 0 Å². The molecule has 7 heteroatoms. The lowest BCUT2D eigenvalue weighted by Gasteiger charge is -2.34. The van der Waals surface area contributed by atoms with Crippen molar-refractivity contribution in [3.05, 3.63) is 29.6 Å². The number of halogens is 1. The molecule has 1 aliphatic carbocycles. The maximum atomic E-state index is 14.1. The first-order valence-electron chi connectivity index (χ1n) is 6.77. The van der Waals surface area contributed by atoms with Crippen molar-refractivity contribution in [1.29, 1.82) is 0 Å². The predicted octanol–water partition coefficient (Wildman–Crippen LogP) is 1.55. The SMILES string of the molecule is Cc1cccc(S(=O)(=O)N(C)C2(C(N)=O)CCCC2)c1F. The Morgan fingerprint density at radius 2 is 1.90 bits per heavy atom. The fourth-order valence-corrected chi connectivity index (χ4v) is 4.54. The number of sulfonamides is 1. The topological polar surface area (TPSA) is 80.5 Å². The lowest BCUT2D eigenvalue weighted by molar-refractivity contribution is -0.126. The molecule has 0 aliphatic heterocycles. The number of primary amides is 1. The van der Waals surface area contributed by atoms with E-state index in [0.717, 1.165) is 17.1 Å². The van der Waals surface area contributed by atoms with E-state index < -0.39 is 32.2 Å². The van der Waals surface area contributed by atoms with Gasteiger partial charge in [0.1, 0.15) is 16.3 Å². The van der Waals surface area contributed by atoms with Crippen LogP contribution < -0.4 is 5.73 Å². The second-order valence-electron chi connectivity index (χ2n) is 5.46. The predicted molar refractivity (Wildman–Crippen MR) is 76.5 cm³/mol. The van der Waals surface area contributed by atoms with Gasteiger partial charge in [0.05, 0.1) is 0 Å². The van der Waals surface area contributed by atoms with Crippen molar-refractivity contribution >= 4 is 15.9 Å². The number of hydrogen-bond acceptors (Lipinski definition) is 3. The number of hydrogen-bond donors (Lipinski definition) is 1. The summed E-state index contributed by atoms with van der Waals surface area (Å²) < 4.78 is 40.5. The van der Waals surface area contributed by atoms with E-state index in [4.69, 9.17) is 5.73 Å². The average molecular weight is 314 g/mol. The van der Waals surface area contributed by atoms with Gasteiger partial charge in [0.25, 0.3) is 0 Å². The van der Waals surface area contributed by atoms with Crippen molar-refractivity contribution in [2.75, 3.05) is 7.05 Å². The van der Waals surface area contributed by atoms with Crippen molar-refractivity contribution in [3.63, 3.8) is 0 Å². The molecule has 1 fully saturated rings. The second kappa shape index (κ2) is 5.38. The summed E-state index contributed by atoms with van der Waals surface area (Å²) in [5.41, 5.74) is 4.42. The highest BCUT2D eigenvalue weighted by Gasteiger charge is 2.48. The van der Waals surface area contributed by atoms with Crippen molar-refractivity contribution in [2.45, 2.75) is 43.0 Å². The van der Waals surface area contributed by atoms with E-state index in [1.165, 1.54) is 32.2 Å². The molecule has 1 amide bonds. The van der Waals surface area contributed by atoms with E-state index in [-0.39, 0.29) is 5.56 Å². The summed E-state index contributed by atoms with van der Waals surface area (Å²) >= 11 is 0. The molecule has 116 valence electrons. The lowest BCUT2D eigenvalue weighted by atomic mass is 9.97. The van der Waals surface area contributed by atoms with Crippen LogP contribution in [0.1, 0.15) is 31.2 Å². The van der Waals surface area contributed by atoms with Gasteiger partial charge in [0.15, 0.2) is 0 Å². The Morgan fingerprint density at radius 3 is 2.43 bits per heavy atom. The Bertz CT molecular complexity index is 667. The maximum Gasteiger partial charge on any atom is 0.246 e. The normalized spacial score (nSPS) is 18.1. The molecule has 0 saturated heterocycles. The minimum Gasteiger partial charge on any atom is -0.368 e. The van der Waals surface area contributed by atoms with Crippen LogP contribution in [0.3, 0.4) is 0 Å². The Labute approximate surface area is 124 Å². The van der Waals surface area contributed by atoms with Crippen LogP contribution in [0.5, 0.6) is 0 Å². The lowest BCUT2D eigenvalue weighted by Crippen LogP contribution is -2.56. The summed E-state index contributed by atoms with van der Waals surface area (Å²) in [5.74, 6) is -1.47. The van der Waals surface area contributed by atoms with Crippen molar-refractivity contribution in [3.8, 4) is 0 Å². The Balaban J connectivity index is 2.53. The van der Waals surface area contributed by atoms with Crippen LogP contribution in [0.15, 0.2) is 23.1 Å². The second-order valence-corrected chi connectivity index (χ2v) is 7.40. The zero-order chi connectivity index (χ0) is 15.8. The summed E-state index contributed by atoms with van der Waals surface area (Å²) in [4.78, 5) is 11.4. The summed E-state index contributed by atoms with van der Waals surface area (Å²) in [5, 5.41) is 0. The summed E-state index contributed by atoms with van der Waals surface area (Å²) in [6.45, 7) is 1.49. The molecule has 2 rings (SSSR count). The molecule has 0 heterocycles. The maximum absolute atomic E-state index is 14.1. The zero-order valence-corrected chi connectivity index (χ0v) is 12.9. The van der Waals surface area contributed by atoms with Gasteiger partial charge in [-0.15, -0.1) is 0 Å². The number of benzene rings is 1. The van der Waals surface area contributed by atoms with Crippen LogP contribution in [0, 0.1) is 12.7 Å². The van der Waals surface area contributed by atoms with Gasteiger partial charge in [-0.05, 0) is 31.4 Å². The standard InChI is InChI=1S/C14H19FN2O3S/c1-10-6-5-7-11(12(10)15)21(19,20)17(2)14(13(16)18)8-3-4-9-14/h5-7H,3-4,8-9H2,1-2H3,(H2,16,18). The molecule has 1 aliphatic rings. The molecule has 0 atom stereocenters. The first-order chi connectivity index (χ1) is 9.73. The number of nitrogens with zero attached hydrogens (tertiary/aromatic N) is 1. The first-order valence-corrected chi connectivity index (χ1v) is 8.21. The van der Waals surface area contributed by atoms with Gasteiger partial charge in [-0.1, -0.05) is 25.0 Å². The zero-order valence-electron chi connectivity index (χ0n) is 12.1. The molecule has 21 heavy (non-hydrogen) atoms. The molecule has 1 aromatic carbocycles. The fraction of sp³-hybridized carbons (Fsp3) is 0.500. The molecule has 0 bridgehead atoms. The molecule has 1 aromatic rings. The van der Waals surface area contributed by atoms with Gasteiger partial charge in [0, 0.05) is 7.05 Å². The first kappa shape index (κ1) is 15.9. The van der Waals surface area contributed by atoms with Crippen molar-refractivity contribution in [1.82, 2.24) is 4.31 Å². The van der Waals surface area contributed by atoms with Crippen LogP contribution in [0.4, 0.5) is 4.39 Å². The quantitative estimate of drug-likeness (QED) is 0.915. The number of amides is 1. The van der Waals surface area contributed by atoms with E-state index in [2.05, 4.69) is 0 Å². The summed E-state index contributed by atoms with van der Waals surface area (Å²) in [7, 11) is -2.82. The minimum atomic E-state index is -4.12. The van der Waals surface area contributed by atoms with E-state index in [0.29, 0.717) is 12.8 Å². The molecule has 1 saturated carbocycles. The van der Waals surface area contributed by atoms with Gasteiger partial charge in [-0.3, -0.25) is 4.79 Å². The van der Waals surface area contributed by atoms with Gasteiger partial charge < -0.3 is 5.73 Å². The third kappa shape index (κ3) is 2.44. The van der Waals surface area contributed by atoms with Gasteiger partial charge >= 0.3 is 0 Å². The molecule has 2 N–H and O–H groups in total. The smallest absolute Gasteiger partial charge is 0.246 e. The van der Waals surface area contributed by atoms with Crippen LogP contribution in [-0.2, 0) is 14.8 Å². The molecular weight excluding hydrogens is 295 g/mol. The third-order valence-corrected chi connectivity index (χ3v) is 6.23. The molecule has 5 nitrogen and oxygen atoms in total. The van der Waals surface area contributed by atoms with Gasteiger partial charge in [-0.2, -0.15) is 4.31 Å². The molecule has 0 unspecified atom stereocenters.